The molecule has 2 aromatic heterocycles. The molecule has 2 aliphatic heterocycles. The van der Waals surface area contributed by atoms with Crippen LogP contribution in [0.5, 0.6) is 0 Å². The van der Waals surface area contributed by atoms with E-state index in [1.165, 1.54) is 98.6 Å². The molecule has 0 spiro atoms. The van der Waals surface area contributed by atoms with Gasteiger partial charge in [0, 0.05) is 59.8 Å². The van der Waals surface area contributed by atoms with Crippen LogP contribution in [-0.4, -0.2) is 6.71 Å². The Morgan fingerprint density at radius 1 is 0.482 bits per heavy atom. The molecule has 0 saturated heterocycles. The normalized spacial score (nSPS) is 15.0. The zero-order valence-electron chi connectivity index (χ0n) is 50.9. The van der Waals surface area contributed by atoms with E-state index in [4.69, 9.17) is 4.42 Å². The number of aryl methyl sites for hydroxylation is 1. The standard InChI is InChI=1S/C79H72BN3OS/c1-49-43-67-73-68(44-49)83(65-48-61-60(78(8,9)41-42-79(61,10)11)47-58(65)51-25-16-13-17-26-51)74-59-45-53(77(5,6)7)35-40-71(59)85-75(74)80(73)62-39-38-55(46-66(62)82(67)64-30-22-32-70-72(64)57-28-19-21-31-69(57)84-70)81(54-36-33-52(34-37-54)76(2,3)4)63-29-20-18-27-56(63)50-23-14-12-15-24-50/h12-40,43-48H,41-42H2,1-11H3. The summed E-state index contributed by atoms with van der Waals surface area (Å²) in [5.41, 5.74) is 26.2. The van der Waals surface area contributed by atoms with Crippen LogP contribution in [0.25, 0.3) is 54.3 Å². The summed E-state index contributed by atoms with van der Waals surface area (Å²) >= 11 is 1.98. The molecule has 418 valence electrons. The Morgan fingerprint density at radius 2 is 1.08 bits per heavy atom. The topological polar surface area (TPSA) is 22.9 Å². The highest BCUT2D eigenvalue weighted by Crippen LogP contribution is 2.56. The van der Waals surface area contributed by atoms with E-state index in [1.54, 1.807) is 0 Å². The first-order valence-electron chi connectivity index (χ1n) is 30.5. The predicted octanol–water partition coefficient (Wildman–Crippen LogP) is 20.9. The molecule has 3 aliphatic rings. The summed E-state index contributed by atoms with van der Waals surface area (Å²) in [4.78, 5) is 7.84. The molecule has 6 heteroatoms. The van der Waals surface area contributed by atoms with Crippen LogP contribution in [0, 0.1) is 6.92 Å². The number of rotatable bonds is 7. The van der Waals surface area contributed by atoms with Crippen molar-refractivity contribution in [3.05, 3.63) is 240 Å². The second kappa shape index (κ2) is 19.2. The van der Waals surface area contributed by atoms with Gasteiger partial charge < -0.3 is 19.1 Å². The van der Waals surface area contributed by atoms with Crippen LogP contribution >= 0.6 is 11.3 Å². The van der Waals surface area contributed by atoms with E-state index in [0.29, 0.717) is 0 Å². The fourth-order valence-corrected chi connectivity index (χ4v) is 15.7. The van der Waals surface area contributed by atoms with Gasteiger partial charge in [-0.25, -0.2) is 0 Å². The van der Waals surface area contributed by atoms with Crippen LogP contribution in [-0.2, 0) is 21.7 Å². The van der Waals surface area contributed by atoms with E-state index in [1.807, 2.05) is 11.3 Å². The number of thiophene rings is 1. The number of para-hydroxylation sites is 2. The summed E-state index contributed by atoms with van der Waals surface area (Å²) in [6.45, 7) is 26.0. The van der Waals surface area contributed by atoms with E-state index in [-0.39, 0.29) is 28.4 Å². The number of hydrogen-bond donors (Lipinski definition) is 0. The molecular formula is C79H72BN3OS. The summed E-state index contributed by atoms with van der Waals surface area (Å²) in [5, 5.41) is 3.50. The second-order valence-electron chi connectivity index (χ2n) is 27.7. The first kappa shape index (κ1) is 53.2. The van der Waals surface area contributed by atoms with Gasteiger partial charge in [-0.2, -0.15) is 0 Å². The van der Waals surface area contributed by atoms with E-state index in [0.717, 1.165) is 63.2 Å². The molecular weight excluding hydrogens is 1050 g/mol. The molecule has 1 aliphatic carbocycles. The summed E-state index contributed by atoms with van der Waals surface area (Å²) in [5.74, 6) is 0. The van der Waals surface area contributed by atoms with Gasteiger partial charge in [-0.3, -0.25) is 0 Å². The van der Waals surface area contributed by atoms with Gasteiger partial charge in [-0.15, -0.1) is 11.3 Å². The van der Waals surface area contributed by atoms with Crippen molar-refractivity contribution in [1.29, 1.82) is 0 Å². The molecule has 10 aromatic carbocycles. The molecule has 85 heavy (non-hydrogen) atoms. The van der Waals surface area contributed by atoms with Crippen molar-refractivity contribution in [2.75, 3.05) is 14.7 Å². The molecule has 15 rings (SSSR count). The van der Waals surface area contributed by atoms with Gasteiger partial charge >= 0.3 is 0 Å². The fraction of sp³-hybridized carbons (Fsp3) is 0.215. The maximum atomic E-state index is 6.81. The third kappa shape index (κ3) is 8.52. The van der Waals surface area contributed by atoms with Crippen molar-refractivity contribution in [1.82, 2.24) is 0 Å². The first-order valence-corrected chi connectivity index (χ1v) is 31.3. The fourth-order valence-electron chi connectivity index (χ4n) is 14.4. The molecule has 0 saturated carbocycles. The van der Waals surface area contributed by atoms with E-state index < -0.39 is 0 Å². The van der Waals surface area contributed by atoms with Crippen molar-refractivity contribution in [3.63, 3.8) is 0 Å². The minimum Gasteiger partial charge on any atom is -0.456 e. The SMILES string of the molecule is Cc1cc2c3c(c1)N(c1cccc4oc5ccccc5c14)c1cc(N(c4ccc(C(C)(C)C)cc4)c4ccccc4-c4ccccc4)ccc1B3c1sc3ccc(C(C)(C)C)cc3c1N2c1cc2c(cc1-c1ccccc1)C(C)(C)CCC2(C)C. The molecule has 4 heterocycles. The van der Waals surface area contributed by atoms with Gasteiger partial charge in [0.05, 0.1) is 28.1 Å². The lowest BCUT2D eigenvalue weighted by Crippen LogP contribution is -2.60. The first-order chi connectivity index (χ1) is 40.8. The third-order valence-electron chi connectivity index (χ3n) is 19.1. The number of anilines is 9. The minimum absolute atomic E-state index is 0.00780. The van der Waals surface area contributed by atoms with Gasteiger partial charge in [0.15, 0.2) is 0 Å². The lowest BCUT2D eigenvalue weighted by molar-refractivity contribution is 0.332. The van der Waals surface area contributed by atoms with E-state index in [2.05, 4.69) is 303 Å². The van der Waals surface area contributed by atoms with Crippen molar-refractivity contribution in [2.24, 2.45) is 0 Å². The Hall–Kier alpha value is -8.58. The maximum absolute atomic E-state index is 6.81. The molecule has 0 amide bonds. The zero-order chi connectivity index (χ0) is 58.5. The zero-order valence-corrected chi connectivity index (χ0v) is 51.7. The molecule has 0 atom stereocenters. The molecule has 0 fully saturated rings. The van der Waals surface area contributed by atoms with Gasteiger partial charge in [0.25, 0.3) is 6.71 Å². The lowest BCUT2D eigenvalue weighted by atomic mass is 9.36. The number of benzene rings is 10. The highest BCUT2D eigenvalue weighted by Gasteiger charge is 2.48. The summed E-state index contributed by atoms with van der Waals surface area (Å²) in [6.07, 6.45) is 2.27. The van der Waals surface area contributed by atoms with Crippen molar-refractivity contribution in [2.45, 2.75) is 111 Å². The van der Waals surface area contributed by atoms with Gasteiger partial charge in [0.1, 0.15) is 11.2 Å². The molecule has 0 unspecified atom stereocenters. The van der Waals surface area contributed by atoms with Gasteiger partial charge in [-0.1, -0.05) is 197 Å². The molecule has 0 radical (unpaired) electrons. The minimum atomic E-state index is -0.0998. The average Bonchev–Trinajstić information content (AvgIpc) is 1.74. The molecule has 12 aromatic rings. The van der Waals surface area contributed by atoms with Crippen LogP contribution in [0.3, 0.4) is 0 Å². The second-order valence-corrected chi connectivity index (χ2v) is 28.7. The van der Waals surface area contributed by atoms with Crippen LogP contribution in [0.2, 0.25) is 0 Å². The maximum Gasteiger partial charge on any atom is 0.264 e. The number of furan rings is 1. The van der Waals surface area contributed by atoms with Crippen LogP contribution in [0.4, 0.5) is 51.2 Å². The lowest BCUT2D eigenvalue weighted by Gasteiger charge is -2.46. The Labute approximate surface area is 506 Å². The Morgan fingerprint density at radius 3 is 1.79 bits per heavy atom. The summed E-state index contributed by atoms with van der Waals surface area (Å²) in [7, 11) is 0. The largest absolute Gasteiger partial charge is 0.456 e. The Balaban J connectivity index is 1.07. The molecule has 4 nitrogen and oxygen atoms in total. The highest BCUT2D eigenvalue weighted by atomic mass is 32.1. The van der Waals surface area contributed by atoms with Crippen molar-refractivity contribution >= 4 is 117 Å². The number of nitrogens with zero attached hydrogens (tertiary/aromatic N) is 3. The summed E-state index contributed by atoms with van der Waals surface area (Å²) in [6, 6.07) is 80.4. The average molecular weight is 1120 g/mol. The van der Waals surface area contributed by atoms with Crippen LogP contribution < -0.4 is 30.4 Å². The van der Waals surface area contributed by atoms with Gasteiger partial charge in [-0.05, 0) is 176 Å². The summed E-state index contributed by atoms with van der Waals surface area (Å²) < 4.78 is 9.47. The monoisotopic (exact) mass is 1120 g/mol. The molecule has 0 bridgehead atoms. The van der Waals surface area contributed by atoms with Gasteiger partial charge in [0.2, 0.25) is 0 Å². The molecule has 0 N–H and O–H groups in total. The predicted molar refractivity (Wildman–Crippen MR) is 366 cm³/mol. The Bertz CT molecular complexity index is 4650. The number of hydrogen-bond acceptors (Lipinski definition) is 5. The van der Waals surface area contributed by atoms with Crippen molar-refractivity contribution < 1.29 is 4.42 Å². The van der Waals surface area contributed by atoms with Crippen molar-refractivity contribution in [3.8, 4) is 22.3 Å². The smallest absolute Gasteiger partial charge is 0.264 e. The quantitative estimate of drug-likeness (QED) is 0.148. The van der Waals surface area contributed by atoms with Crippen LogP contribution in [0.1, 0.15) is 110 Å². The third-order valence-corrected chi connectivity index (χ3v) is 20.3. The van der Waals surface area contributed by atoms with E-state index in [9.17, 15) is 0 Å². The number of fused-ring (bicyclic) bond motifs is 10. The van der Waals surface area contributed by atoms with Crippen LogP contribution in [0.15, 0.2) is 217 Å². The Kier molecular flexibility index (Phi) is 12.0. The van der Waals surface area contributed by atoms with E-state index >= 15 is 0 Å². The highest BCUT2D eigenvalue weighted by molar-refractivity contribution is 7.33.